The molecule has 0 saturated heterocycles. The van der Waals surface area contributed by atoms with Crippen molar-refractivity contribution in [1.82, 2.24) is 10.3 Å². The van der Waals surface area contributed by atoms with Gasteiger partial charge in [-0.2, -0.15) is 0 Å². The van der Waals surface area contributed by atoms with Gasteiger partial charge in [-0.05, 0) is 23.3 Å². The van der Waals surface area contributed by atoms with Crippen molar-refractivity contribution in [2.24, 2.45) is 5.92 Å². The Morgan fingerprint density at radius 1 is 1.29 bits per heavy atom. The van der Waals surface area contributed by atoms with Gasteiger partial charge < -0.3 is 5.32 Å². The maximum Gasteiger partial charge on any atom is 0.0346 e. The van der Waals surface area contributed by atoms with Crippen molar-refractivity contribution in [2.45, 2.75) is 32.4 Å². The van der Waals surface area contributed by atoms with E-state index < -0.39 is 0 Å². The molecule has 0 bridgehead atoms. The molecule has 3 rings (SSSR count). The molecule has 1 aliphatic rings. The molecule has 1 aromatic carbocycles. The van der Waals surface area contributed by atoms with E-state index in [9.17, 15) is 0 Å². The summed E-state index contributed by atoms with van der Waals surface area (Å²) in [4.78, 5) is 4.31. The Bertz CT molecular complexity index is 516. The highest BCUT2D eigenvalue weighted by molar-refractivity contribution is 5.84. The van der Waals surface area contributed by atoms with Gasteiger partial charge in [0.2, 0.25) is 0 Å². The van der Waals surface area contributed by atoms with Crippen molar-refractivity contribution in [1.29, 1.82) is 0 Å². The number of nitrogens with zero attached hydrogens (tertiary/aromatic N) is 1. The molecule has 1 saturated carbocycles. The minimum atomic E-state index is 0.735. The summed E-state index contributed by atoms with van der Waals surface area (Å²) in [5, 5.41) is 6.18. The Balaban J connectivity index is 1.76. The number of rotatable bonds is 4. The standard InChI is InChI=1S/C15H18N2/c1-2-11-7-15(11)17-10-13-9-16-8-12-5-3-4-6-14(12)13/h3-6,8-9,11,15,17H,2,7,10H2,1H3. The Labute approximate surface area is 102 Å². The van der Waals surface area contributed by atoms with E-state index in [0.717, 1.165) is 18.5 Å². The first-order valence-electron chi connectivity index (χ1n) is 6.43. The Morgan fingerprint density at radius 2 is 2.18 bits per heavy atom. The zero-order valence-corrected chi connectivity index (χ0v) is 10.2. The molecule has 1 aromatic heterocycles. The lowest BCUT2D eigenvalue weighted by Gasteiger charge is -2.07. The minimum Gasteiger partial charge on any atom is -0.310 e. The molecule has 0 radical (unpaired) electrons. The highest BCUT2D eigenvalue weighted by Crippen LogP contribution is 2.33. The molecule has 0 aliphatic heterocycles. The molecule has 1 aliphatic carbocycles. The lowest BCUT2D eigenvalue weighted by Crippen LogP contribution is -2.17. The number of hydrogen-bond donors (Lipinski definition) is 1. The molecular weight excluding hydrogens is 208 g/mol. The molecular formula is C15H18N2. The first-order chi connectivity index (χ1) is 8.38. The fourth-order valence-corrected chi connectivity index (χ4v) is 2.51. The topological polar surface area (TPSA) is 24.9 Å². The van der Waals surface area contributed by atoms with Crippen molar-refractivity contribution in [3.8, 4) is 0 Å². The molecule has 1 heterocycles. The summed E-state index contributed by atoms with van der Waals surface area (Å²) in [5.41, 5.74) is 1.31. The van der Waals surface area contributed by atoms with Gasteiger partial charge in [0.15, 0.2) is 0 Å². The molecule has 2 unspecified atom stereocenters. The lowest BCUT2D eigenvalue weighted by atomic mass is 10.1. The van der Waals surface area contributed by atoms with Crippen LogP contribution in [0.5, 0.6) is 0 Å². The van der Waals surface area contributed by atoms with Crippen LogP contribution in [0.2, 0.25) is 0 Å². The zero-order valence-electron chi connectivity index (χ0n) is 10.2. The van der Waals surface area contributed by atoms with Crippen LogP contribution in [0.4, 0.5) is 0 Å². The average molecular weight is 226 g/mol. The predicted octanol–water partition coefficient (Wildman–Crippen LogP) is 3.12. The second kappa shape index (κ2) is 4.46. The molecule has 1 fully saturated rings. The number of hydrogen-bond acceptors (Lipinski definition) is 2. The molecule has 2 aromatic rings. The zero-order chi connectivity index (χ0) is 11.7. The van der Waals surface area contributed by atoms with Gasteiger partial charge in [0.1, 0.15) is 0 Å². The van der Waals surface area contributed by atoms with E-state index in [1.165, 1.54) is 29.2 Å². The van der Waals surface area contributed by atoms with Crippen LogP contribution in [0.3, 0.4) is 0 Å². The van der Waals surface area contributed by atoms with Crippen molar-refractivity contribution in [2.75, 3.05) is 0 Å². The summed E-state index contributed by atoms with van der Waals surface area (Å²) < 4.78 is 0. The van der Waals surface area contributed by atoms with Gasteiger partial charge >= 0.3 is 0 Å². The maximum atomic E-state index is 4.31. The SMILES string of the molecule is CCC1CC1NCc1cncc2ccccc12. The van der Waals surface area contributed by atoms with Crippen LogP contribution in [0.25, 0.3) is 10.8 Å². The quantitative estimate of drug-likeness (QED) is 0.866. The van der Waals surface area contributed by atoms with Gasteiger partial charge in [0.25, 0.3) is 0 Å². The maximum absolute atomic E-state index is 4.31. The summed E-state index contributed by atoms with van der Waals surface area (Å²) in [6, 6.07) is 9.20. The van der Waals surface area contributed by atoms with Crippen LogP contribution >= 0.6 is 0 Å². The molecule has 88 valence electrons. The Kier molecular flexibility index (Phi) is 2.81. The fraction of sp³-hybridized carbons (Fsp3) is 0.400. The predicted molar refractivity (Wildman–Crippen MR) is 70.8 cm³/mol. The van der Waals surface area contributed by atoms with Crippen LogP contribution < -0.4 is 5.32 Å². The van der Waals surface area contributed by atoms with E-state index in [2.05, 4.69) is 41.5 Å². The third-order valence-electron chi connectivity index (χ3n) is 3.75. The molecule has 2 heteroatoms. The fourth-order valence-electron chi connectivity index (χ4n) is 2.51. The van der Waals surface area contributed by atoms with E-state index in [1.807, 2.05) is 12.4 Å². The second-order valence-electron chi connectivity index (χ2n) is 4.91. The normalized spacial score (nSPS) is 22.9. The summed E-state index contributed by atoms with van der Waals surface area (Å²) in [5.74, 6) is 0.901. The summed E-state index contributed by atoms with van der Waals surface area (Å²) >= 11 is 0. The van der Waals surface area contributed by atoms with Crippen LogP contribution in [0, 0.1) is 5.92 Å². The van der Waals surface area contributed by atoms with Gasteiger partial charge in [-0.15, -0.1) is 0 Å². The van der Waals surface area contributed by atoms with E-state index >= 15 is 0 Å². The summed E-state index contributed by atoms with van der Waals surface area (Å²) in [6.45, 7) is 3.21. The molecule has 0 spiro atoms. The third kappa shape index (κ3) is 2.18. The molecule has 0 amide bonds. The number of aromatic nitrogens is 1. The number of benzene rings is 1. The molecule has 2 atom stereocenters. The number of fused-ring (bicyclic) bond motifs is 1. The number of pyridine rings is 1. The van der Waals surface area contributed by atoms with Crippen LogP contribution in [-0.4, -0.2) is 11.0 Å². The highest BCUT2D eigenvalue weighted by atomic mass is 15.0. The Morgan fingerprint density at radius 3 is 3.00 bits per heavy atom. The summed E-state index contributed by atoms with van der Waals surface area (Å²) in [7, 11) is 0. The van der Waals surface area contributed by atoms with Gasteiger partial charge in [0.05, 0.1) is 0 Å². The molecule has 1 N–H and O–H groups in total. The van der Waals surface area contributed by atoms with Gasteiger partial charge in [0, 0.05) is 30.4 Å². The van der Waals surface area contributed by atoms with Gasteiger partial charge in [-0.25, -0.2) is 0 Å². The Hall–Kier alpha value is -1.41. The van der Waals surface area contributed by atoms with E-state index in [0.29, 0.717) is 0 Å². The van der Waals surface area contributed by atoms with Crippen molar-refractivity contribution in [3.05, 3.63) is 42.2 Å². The molecule has 17 heavy (non-hydrogen) atoms. The average Bonchev–Trinajstić information content (AvgIpc) is 3.15. The van der Waals surface area contributed by atoms with E-state index in [-0.39, 0.29) is 0 Å². The largest absolute Gasteiger partial charge is 0.310 e. The monoisotopic (exact) mass is 226 g/mol. The second-order valence-corrected chi connectivity index (χ2v) is 4.91. The molecule has 2 nitrogen and oxygen atoms in total. The van der Waals surface area contributed by atoms with Gasteiger partial charge in [-0.3, -0.25) is 4.98 Å². The first-order valence-corrected chi connectivity index (χ1v) is 6.43. The number of nitrogens with one attached hydrogen (secondary N) is 1. The third-order valence-corrected chi connectivity index (χ3v) is 3.75. The van der Waals surface area contributed by atoms with Crippen molar-refractivity contribution in [3.63, 3.8) is 0 Å². The lowest BCUT2D eigenvalue weighted by molar-refractivity contribution is 0.624. The van der Waals surface area contributed by atoms with Crippen molar-refractivity contribution < 1.29 is 0 Å². The van der Waals surface area contributed by atoms with Crippen LogP contribution in [0.15, 0.2) is 36.7 Å². The first kappa shape index (κ1) is 10.7. The van der Waals surface area contributed by atoms with E-state index in [4.69, 9.17) is 0 Å². The van der Waals surface area contributed by atoms with Gasteiger partial charge in [-0.1, -0.05) is 37.6 Å². The highest BCUT2D eigenvalue weighted by Gasteiger charge is 2.34. The minimum absolute atomic E-state index is 0.735. The summed E-state index contributed by atoms with van der Waals surface area (Å²) in [6.07, 6.45) is 6.56. The van der Waals surface area contributed by atoms with Crippen LogP contribution in [0.1, 0.15) is 25.3 Å². The van der Waals surface area contributed by atoms with E-state index in [1.54, 1.807) is 0 Å². The smallest absolute Gasteiger partial charge is 0.0346 e. The van der Waals surface area contributed by atoms with Crippen molar-refractivity contribution >= 4 is 10.8 Å². The van der Waals surface area contributed by atoms with Crippen LogP contribution in [-0.2, 0) is 6.54 Å².